The predicted octanol–water partition coefficient (Wildman–Crippen LogP) is 3.53. The van der Waals surface area contributed by atoms with Crippen molar-refractivity contribution in [3.8, 4) is 0 Å². The van der Waals surface area contributed by atoms with Gasteiger partial charge in [0.1, 0.15) is 0 Å². The van der Waals surface area contributed by atoms with Gasteiger partial charge in [-0.15, -0.1) is 0 Å². The van der Waals surface area contributed by atoms with Crippen LogP contribution < -0.4 is 4.31 Å². The molecule has 0 saturated carbocycles. The van der Waals surface area contributed by atoms with Crippen LogP contribution in [0.5, 0.6) is 0 Å². The summed E-state index contributed by atoms with van der Waals surface area (Å²) < 4.78 is 69.4. The van der Waals surface area contributed by atoms with E-state index in [2.05, 4.69) is 4.98 Å². The van der Waals surface area contributed by atoms with E-state index in [1.165, 1.54) is 48.3 Å². The number of sulfonamides is 1. The van der Waals surface area contributed by atoms with Crippen LogP contribution >= 0.6 is 0 Å². The molecule has 1 aromatic heterocycles. The molecule has 0 fully saturated rings. The average molecular weight is 439 g/mol. The average Bonchev–Trinajstić information content (AvgIpc) is 3.22. The number of anilines is 1. The monoisotopic (exact) mass is 439 g/mol. The lowest BCUT2D eigenvalue weighted by atomic mass is 9.91. The summed E-state index contributed by atoms with van der Waals surface area (Å²) in [5.41, 5.74) is -3.67. The highest BCUT2D eigenvalue weighted by atomic mass is 32.2. The highest BCUT2D eigenvalue weighted by molar-refractivity contribution is 7.92. The molecule has 0 bridgehead atoms. The van der Waals surface area contributed by atoms with Gasteiger partial charge in [-0.3, -0.25) is 4.31 Å². The molecule has 0 spiro atoms. The third-order valence-electron chi connectivity index (χ3n) is 4.84. The number of aryl methyl sites for hydroxylation is 1. The van der Waals surface area contributed by atoms with E-state index < -0.39 is 33.2 Å². The Hall–Kier alpha value is -2.85. The van der Waals surface area contributed by atoms with Crippen molar-refractivity contribution in [3.63, 3.8) is 0 Å². The molecule has 0 saturated heterocycles. The number of nitrogens with zero attached hydrogens (tertiary/aromatic N) is 3. The van der Waals surface area contributed by atoms with Crippen molar-refractivity contribution in [1.82, 2.24) is 9.55 Å². The van der Waals surface area contributed by atoms with Crippen LogP contribution in [0.15, 0.2) is 71.9 Å². The van der Waals surface area contributed by atoms with Crippen molar-refractivity contribution < 1.29 is 26.7 Å². The first-order chi connectivity index (χ1) is 14.0. The Morgan fingerprint density at radius 3 is 2.20 bits per heavy atom. The van der Waals surface area contributed by atoms with Crippen molar-refractivity contribution >= 4 is 15.7 Å². The molecule has 30 heavy (non-hydrogen) atoms. The fourth-order valence-electron chi connectivity index (χ4n) is 3.11. The highest BCUT2D eigenvalue weighted by Crippen LogP contribution is 2.44. The zero-order chi connectivity index (χ0) is 22.2. The van der Waals surface area contributed by atoms with Gasteiger partial charge < -0.3 is 9.67 Å². The zero-order valence-electron chi connectivity index (χ0n) is 16.2. The van der Waals surface area contributed by atoms with Gasteiger partial charge in [-0.05, 0) is 31.2 Å². The van der Waals surface area contributed by atoms with Crippen LogP contribution in [0.4, 0.5) is 18.9 Å². The minimum absolute atomic E-state index is 0.0494. The largest absolute Gasteiger partial charge is 0.428 e. The maximum atomic E-state index is 13.9. The Kier molecular flexibility index (Phi) is 5.66. The molecule has 3 aromatic rings. The fraction of sp³-hybridized carbons (Fsp3) is 0.250. The maximum Gasteiger partial charge on any atom is 0.428 e. The molecule has 10 heteroatoms. The highest BCUT2D eigenvalue weighted by Gasteiger charge is 2.59. The molecule has 0 aliphatic carbocycles. The first-order valence-electron chi connectivity index (χ1n) is 8.98. The lowest BCUT2D eigenvalue weighted by Crippen LogP contribution is -2.45. The van der Waals surface area contributed by atoms with Crippen LogP contribution in [0.1, 0.15) is 18.3 Å². The quantitative estimate of drug-likeness (QED) is 0.638. The molecule has 1 atom stereocenters. The summed E-state index contributed by atoms with van der Waals surface area (Å²) >= 11 is 0. The van der Waals surface area contributed by atoms with Crippen molar-refractivity contribution in [2.24, 2.45) is 0 Å². The predicted molar refractivity (Wildman–Crippen MR) is 105 cm³/mol. The molecule has 1 N–H and O–H groups in total. The zero-order valence-corrected chi connectivity index (χ0v) is 17.0. The van der Waals surface area contributed by atoms with E-state index in [1.807, 2.05) is 0 Å². The van der Waals surface area contributed by atoms with E-state index in [4.69, 9.17) is 0 Å². The Bertz CT molecular complexity index is 1110. The van der Waals surface area contributed by atoms with Crippen LogP contribution in [0.3, 0.4) is 0 Å². The van der Waals surface area contributed by atoms with E-state index in [9.17, 15) is 26.7 Å². The summed E-state index contributed by atoms with van der Waals surface area (Å²) in [5.74, 6) is -0.560. The molecule has 0 aliphatic rings. The molecule has 3 rings (SSSR count). The number of imidazole rings is 1. The number of aromatic nitrogens is 2. The Morgan fingerprint density at radius 2 is 1.67 bits per heavy atom. The third kappa shape index (κ3) is 3.56. The molecular formula is C20H20F3N3O3S. The van der Waals surface area contributed by atoms with Gasteiger partial charge in [-0.25, -0.2) is 13.4 Å². The Labute approximate surface area is 172 Å². The number of rotatable bonds is 6. The lowest BCUT2D eigenvalue weighted by Gasteiger charge is -2.31. The van der Waals surface area contributed by atoms with E-state index >= 15 is 0 Å². The van der Waals surface area contributed by atoms with Crippen molar-refractivity contribution in [2.45, 2.75) is 30.1 Å². The van der Waals surface area contributed by atoms with Crippen molar-refractivity contribution in [1.29, 1.82) is 0 Å². The summed E-state index contributed by atoms with van der Waals surface area (Å²) in [4.78, 5) is 3.77. The molecule has 0 radical (unpaired) electrons. The van der Waals surface area contributed by atoms with Gasteiger partial charge in [0, 0.05) is 31.5 Å². The van der Waals surface area contributed by atoms with E-state index in [-0.39, 0.29) is 17.1 Å². The van der Waals surface area contributed by atoms with Gasteiger partial charge in [0.05, 0.1) is 10.6 Å². The van der Waals surface area contributed by atoms with E-state index in [1.54, 1.807) is 25.1 Å². The number of halogens is 3. The van der Waals surface area contributed by atoms with Crippen LogP contribution in [0, 0.1) is 0 Å². The van der Waals surface area contributed by atoms with Crippen LogP contribution in [-0.4, -0.2) is 36.3 Å². The SMILES string of the molecule is CCn1ccnc1C(O)(c1ccc(N(C)S(=O)(=O)c2ccccc2)cc1)C(F)(F)F. The fourth-order valence-corrected chi connectivity index (χ4v) is 4.32. The molecule has 6 nitrogen and oxygen atoms in total. The van der Waals surface area contributed by atoms with Crippen molar-refractivity contribution in [3.05, 3.63) is 78.4 Å². The number of aliphatic hydroxyl groups is 1. The summed E-state index contributed by atoms with van der Waals surface area (Å²) in [5, 5.41) is 10.7. The normalized spacial score (nSPS) is 14.3. The number of benzene rings is 2. The maximum absolute atomic E-state index is 13.9. The summed E-state index contributed by atoms with van der Waals surface area (Å²) in [6.45, 7) is 1.82. The molecular weight excluding hydrogens is 419 g/mol. The smallest absolute Gasteiger partial charge is 0.370 e. The first-order valence-corrected chi connectivity index (χ1v) is 10.4. The van der Waals surface area contributed by atoms with Gasteiger partial charge in [-0.2, -0.15) is 13.2 Å². The van der Waals surface area contributed by atoms with E-state index in [0.29, 0.717) is 0 Å². The second-order valence-corrected chi connectivity index (χ2v) is 8.55. The third-order valence-corrected chi connectivity index (χ3v) is 6.64. The van der Waals surface area contributed by atoms with Gasteiger partial charge in [-0.1, -0.05) is 30.3 Å². The summed E-state index contributed by atoms with van der Waals surface area (Å²) in [6.07, 6.45) is -2.51. The molecule has 0 aliphatic heterocycles. The van der Waals surface area contributed by atoms with Gasteiger partial charge in [0.25, 0.3) is 10.0 Å². The molecule has 0 amide bonds. The molecule has 1 unspecified atom stereocenters. The second-order valence-electron chi connectivity index (χ2n) is 6.58. The van der Waals surface area contributed by atoms with Gasteiger partial charge in [0.15, 0.2) is 5.82 Å². The van der Waals surface area contributed by atoms with Gasteiger partial charge >= 0.3 is 6.18 Å². The lowest BCUT2D eigenvalue weighted by molar-refractivity contribution is -0.252. The molecule has 2 aromatic carbocycles. The van der Waals surface area contributed by atoms with Gasteiger partial charge in [0.2, 0.25) is 5.60 Å². The molecule has 160 valence electrons. The topological polar surface area (TPSA) is 75.4 Å². The van der Waals surface area contributed by atoms with Crippen LogP contribution in [0.2, 0.25) is 0 Å². The minimum atomic E-state index is -5.05. The first kappa shape index (κ1) is 21.8. The van der Waals surface area contributed by atoms with Crippen LogP contribution in [-0.2, 0) is 22.2 Å². The minimum Gasteiger partial charge on any atom is -0.370 e. The number of alkyl halides is 3. The van der Waals surface area contributed by atoms with Crippen LogP contribution in [0.25, 0.3) is 0 Å². The standard InChI is InChI=1S/C20H20F3N3O3S/c1-3-26-14-13-24-18(26)19(27,20(21,22)23)15-9-11-16(12-10-15)25(2)30(28,29)17-7-5-4-6-8-17/h4-14,27H,3H2,1-2H3. The van der Waals surface area contributed by atoms with Crippen molar-refractivity contribution in [2.75, 3.05) is 11.4 Å². The second kappa shape index (κ2) is 7.77. The summed E-state index contributed by atoms with van der Waals surface area (Å²) in [7, 11) is -2.59. The Morgan fingerprint density at radius 1 is 1.07 bits per heavy atom. The van der Waals surface area contributed by atoms with E-state index in [0.717, 1.165) is 16.4 Å². The number of hydrogen-bond acceptors (Lipinski definition) is 4. The molecule has 1 heterocycles. The summed E-state index contributed by atoms with van der Waals surface area (Å²) in [6, 6.07) is 12.2. The number of hydrogen-bond donors (Lipinski definition) is 1. The Balaban J connectivity index is 2.03.